The van der Waals surface area contributed by atoms with Crippen LogP contribution in [0.1, 0.15) is 25.2 Å². The maximum absolute atomic E-state index is 5.58. The predicted molar refractivity (Wildman–Crippen MR) is 59.1 cm³/mol. The van der Waals surface area contributed by atoms with Crippen LogP contribution >= 0.6 is 0 Å². The van der Waals surface area contributed by atoms with E-state index in [0.29, 0.717) is 24.9 Å². The van der Waals surface area contributed by atoms with Crippen LogP contribution in [0.5, 0.6) is 0 Å². The van der Waals surface area contributed by atoms with Gasteiger partial charge >= 0.3 is 6.01 Å². The molecule has 0 aromatic carbocycles. The van der Waals surface area contributed by atoms with Crippen molar-refractivity contribution in [2.45, 2.75) is 31.8 Å². The molecule has 0 saturated carbocycles. The zero-order valence-electron chi connectivity index (χ0n) is 9.32. The van der Waals surface area contributed by atoms with E-state index in [9.17, 15) is 0 Å². The summed E-state index contributed by atoms with van der Waals surface area (Å²) < 4.78 is 10.9. The first-order valence-corrected chi connectivity index (χ1v) is 5.76. The number of ether oxygens (including phenoxy) is 1. The number of hydrogen-bond acceptors (Lipinski definition) is 6. The van der Waals surface area contributed by atoms with Gasteiger partial charge in [-0.25, -0.2) is 0 Å². The molecule has 1 fully saturated rings. The third-order valence-electron chi connectivity index (χ3n) is 2.58. The van der Waals surface area contributed by atoms with E-state index in [0.717, 1.165) is 26.0 Å². The average molecular weight is 226 g/mol. The van der Waals surface area contributed by atoms with Crippen molar-refractivity contribution in [3.8, 4) is 0 Å². The van der Waals surface area contributed by atoms with Crippen molar-refractivity contribution in [2.75, 3.05) is 25.0 Å². The summed E-state index contributed by atoms with van der Waals surface area (Å²) in [5.74, 6) is 0.578. The van der Waals surface area contributed by atoms with E-state index >= 15 is 0 Å². The van der Waals surface area contributed by atoms with Gasteiger partial charge in [0, 0.05) is 26.1 Å². The Balaban J connectivity index is 1.75. The van der Waals surface area contributed by atoms with Gasteiger partial charge in [0.25, 0.3) is 0 Å². The highest BCUT2D eigenvalue weighted by atomic mass is 16.5. The lowest BCUT2D eigenvalue weighted by Crippen LogP contribution is -2.27. The summed E-state index contributed by atoms with van der Waals surface area (Å²) in [6.45, 7) is 2.10. The van der Waals surface area contributed by atoms with Crippen molar-refractivity contribution in [3.05, 3.63) is 5.89 Å². The number of rotatable bonds is 5. The number of nitrogens with two attached hydrogens (primary N) is 1. The van der Waals surface area contributed by atoms with Crippen molar-refractivity contribution in [1.29, 1.82) is 0 Å². The summed E-state index contributed by atoms with van der Waals surface area (Å²) in [5, 5.41) is 10.8. The van der Waals surface area contributed by atoms with Crippen molar-refractivity contribution >= 4 is 6.01 Å². The normalized spacial score (nSPS) is 20.9. The van der Waals surface area contributed by atoms with E-state index in [1.165, 1.54) is 6.42 Å². The second-order valence-corrected chi connectivity index (χ2v) is 3.91. The number of hydrogen-bond donors (Lipinski definition) is 2. The lowest BCUT2D eigenvalue weighted by atomic mass is 10.1. The molecule has 90 valence electrons. The van der Waals surface area contributed by atoms with E-state index in [-0.39, 0.29) is 6.10 Å². The Morgan fingerprint density at radius 2 is 2.31 bits per heavy atom. The second kappa shape index (κ2) is 5.81. The molecule has 1 aromatic heterocycles. The molecule has 16 heavy (non-hydrogen) atoms. The number of anilines is 1. The van der Waals surface area contributed by atoms with Crippen LogP contribution in [-0.2, 0) is 11.2 Å². The van der Waals surface area contributed by atoms with Crippen LogP contribution in [0.3, 0.4) is 0 Å². The molecule has 1 aliphatic heterocycles. The molecule has 2 heterocycles. The SMILES string of the molecule is NCCc1nnc(NCC2CCCCO2)o1. The molecule has 3 N–H and O–H groups in total. The van der Waals surface area contributed by atoms with Gasteiger partial charge in [-0.3, -0.25) is 0 Å². The Hall–Kier alpha value is -1.14. The summed E-state index contributed by atoms with van der Waals surface area (Å²) in [5.41, 5.74) is 5.39. The van der Waals surface area contributed by atoms with Gasteiger partial charge in [0.15, 0.2) is 0 Å². The lowest BCUT2D eigenvalue weighted by molar-refractivity contribution is 0.0244. The molecule has 0 spiro atoms. The Labute approximate surface area is 94.6 Å². The van der Waals surface area contributed by atoms with E-state index in [1.807, 2.05) is 0 Å². The molecule has 1 unspecified atom stereocenters. The van der Waals surface area contributed by atoms with Crippen molar-refractivity contribution in [3.63, 3.8) is 0 Å². The zero-order chi connectivity index (χ0) is 11.2. The molecule has 1 aliphatic rings. The van der Waals surface area contributed by atoms with Crippen LogP contribution in [-0.4, -0.2) is 36.0 Å². The highest BCUT2D eigenvalue weighted by Crippen LogP contribution is 2.13. The summed E-state index contributed by atoms with van der Waals surface area (Å²) in [6, 6.07) is 0.456. The summed E-state index contributed by atoms with van der Waals surface area (Å²) in [7, 11) is 0. The molecule has 1 saturated heterocycles. The minimum atomic E-state index is 0.263. The molecule has 0 radical (unpaired) electrons. The molecule has 6 heteroatoms. The first-order chi connectivity index (χ1) is 7.88. The number of nitrogens with one attached hydrogen (secondary N) is 1. The number of aromatic nitrogens is 2. The van der Waals surface area contributed by atoms with Gasteiger partial charge in [-0.2, -0.15) is 0 Å². The van der Waals surface area contributed by atoms with Crippen LogP contribution in [0, 0.1) is 0 Å². The Morgan fingerprint density at radius 1 is 1.38 bits per heavy atom. The maximum Gasteiger partial charge on any atom is 0.315 e. The number of nitrogens with zero attached hydrogens (tertiary/aromatic N) is 2. The van der Waals surface area contributed by atoms with E-state index in [4.69, 9.17) is 14.9 Å². The van der Waals surface area contributed by atoms with Crippen molar-refractivity contribution < 1.29 is 9.15 Å². The Morgan fingerprint density at radius 3 is 3.06 bits per heavy atom. The molecular formula is C10H18N4O2. The van der Waals surface area contributed by atoms with E-state index in [2.05, 4.69) is 15.5 Å². The second-order valence-electron chi connectivity index (χ2n) is 3.91. The van der Waals surface area contributed by atoms with E-state index < -0.39 is 0 Å². The van der Waals surface area contributed by atoms with Gasteiger partial charge in [0.2, 0.25) is 5.89 Å². The minimum absolute atomic E-state index is 0.263. The van der Waals surface area contributed by atoms with Gasteiger partial charge in [-0.1, -0.05) is 5.10 Å². The van der Waals surface area contributed by atoms with Crippen LogP contribution in [0.2, 0.25) is 0 Å². The maximum atomic E-state index is 5.58. The zero-order valence-corrected chi connectivity index (χ0v) is 9.32. The highest BCUT2D eigenvalue weighted by Gasteiger charge is 2.14. The standard InChI is InChI=1S/C10H18N4O2/c11-5-4-9-13-14-10(16-9)12-7-8-3-1-2-6-15-8/h8H,1-7,11H2,(H,12,14). The van der Waals surface area contributed by atoms with Gasteiger partial charge in [-0.15, -0.1) is 5.10 Å². The molecule has 6 nitrogen and oxygen atoms in total. The fourth-order valence-electron chi connectivity index (χ4n) is 1.72. The quantitative estimate of drug-likeness (QED) is 0.762. The van der Waals surface area contributed by atoms with Crippen LogP contribution in [0.15, 0.2) is 4.42 Å². The van der Waals surface area contributed by atoms with Crippen LogP contribution in [0.25, 0.3) is 0 Å². The van der Waals surface area contributed by atoms with Gasteiger partial charge in [0.1, 0.15) is 0 Å². The summed E-state index contributed by atoms with van der Waals surface area (Å²) in [6.07, 6.45) is 4.37. The highest BCUT2D eigenvalue weighted by molar-refractivity contribution is 5.17. The van der Waals surface area contributed by atoms with Gasteiger partial charge < -0.3 is 20.2 Å². The van der Waals surface area contributed by atoms with Gasteiger partial charge in [0.05, 0.1) is 6.10 Å². The average Bonchev–Trinajstić information content (AvgIpc) is 2.76. The predicted octanol–water partition coefficient (Wildman–Crippen LogP) is 0.552. The summed E-state index contributed by atoms with van der Waals surface area (Å²) in [4.78, 5) is 0. The molecule has 2 rings (SSSR count). The van der Waals surface area contributed by atoms with Crippen LogP contribution < -0.4 is 11.1 Å². The molecule has 0 bridgehead atoms. The van der Waals surface area contributed by atoms with Crippen LogP contribution in [0.4, 0.5) is 6.01 Å². The molecular weight excluding hydrogens is 208 g/mol. The molecule has 1 atom stereocenters. The third kappa shape index (κ3) is 3.18. The lowest BCUT2D eigenvalue weighted by Gasteiger charge is -2.22. The minimum Gasteiger partial charge on any atom is -0.408 e. The monoisotopic (exact) mass is 226 g/mol. The third-order valence-corrected chi connectivity index (χ3v) is 2.58. The molecule has 1 aromatic rings. The smallest absolute Gasteiger partial charge is 0.315 e. The van der Waals surface area contributed by atoms with E-state index in [1.54, 1.807) is 0 Å². The first kappa shape index (κ1) is 11.3. The first-order valence-electron chi connectivity index (χ1n) is 5.76. The summed E-state index contributed by atoms with van der Waals surface area (Å²) >= 11 is 0. The van der Waals surface area contributed by atoms with Crippen molar-refractivity contribution in [1.82, 2.24) is 10.2 Å². The molecule has 0 amide bonds. The Bertz CT molecular complexity index is 310. The Kier molecular flexibility index (Phi) is 4.12. The topological polar surface area (TPSA) is 86.2 Å². The van der Waals surface area contributed by atoms with Gasteiger partial charge in [-0.05, 0) is 19.3 Å². The fraction of sp³-hybridized carbons (Fsp3) is 0.800. The fourth-order valence-corrected chi connectivity index (χ4v) is 1.72. The molecule has 0 aliphatic carbocycles. The van der Waals surface area contributed by atoms with Crippen molar-refractivity contribution in [2.24, 2.45) is 5.73 Å². The largest absolute Gasteiger partial charge is 0.408 e.